The van der Waals surface area contributed by atoms with Crippen molar-refractivity contribution in [3.8, 4) is 0 Å². The van der Waals surface area contributed by atoms with Gasteiger partial charge >= 0.3 is 0 Å². The molecule has 2 N–H and O–H groups in total. The highest BCUT2D eigenvalue weighted by Crippen LogP contribution is 2.27. The number of hydrogen-bond donors (Lipinski definition) is 2. The fourth-order valence-electron chi connectivity index (χ4n) is 3.12. The maximum absolute atomic E-state index is 12.3. The van der Waals surface area contributed by atoms with Gasteiger partial charge in [-0.1, -0.05) is 23.7 Å². The van der Waals surface area contributed by atoms with E-state index in [0.717, 1.165) is 43.2 Å². The van der Waals surface area contributed by atoms with Gasteiger partial charge in [-0.2, -0.15) is 0 Å². The molecule has 1 aromatic carbocycles. The standard InChI is InChI=1S/C20H33ClN4O2S.HI/c1-5-22-19(23-12-14-28(26,27)20(2,3)4)24-16-9-8-13-25(15-16)18-11-7-6-10-17(18)21;/h6-7,10-11,16H,5,8-9,12-15H2,1-4H3,(H2,22,23,24);1H. The van der Waals surface area contributed by atoms with E-state index in [9.17, 15) is 8.42 Å². The lowest BCUT2D eigenvalue weighted by molar-refractivity contribution is 0.468. The van der Waals surface area contributed by atoms with Gasteiger partial charge in [0.25, 0.3) is 0 Å². The number of hydrogen-bond acceptors (Lipinski definition) is 4. The molecule has 1 unspecified atom stereocenters. The monoisotopic (exact) mass is 556 g/mol. The van der Waals surface area contributed by atoms with Crippen LogP contribution in [0.2, 0.25) is 5.02 Å². The Morgan fingerprint density at radius 2 is 2.00 bits per heavy atom. The quantitative estimate of drug-likeness (QED) is 0.318. The topological polar surface area (TPSA) is 73.8 Å². The summed E-state index contributed by atoms with van der Waals surface area (Å²) in [6.07, 6.45) is 2.09. The first kappa shape index (κ1) is 26.3. The van der Waals surface area contributed by atoms with Crippen molar-refractivity contribution in [2.24, 2.45) is 4.99 Å². The van der Waals surface area contributed by atoms with Gasteiger partial charge in [-0.3, -0.25) is 4.99 Å². The van der Waals surface area contributed by atoms with E-state index in [-0.39, 0.29) is 42.3 Å². The van der Waals surface area contributed by atoms with E-state index < -0.39 is 14.6 Å². The van der Waals surface area contributed by atoms with E-state index >= 15 is 0 Å². The van der Waals surface area contributed by atoms with Crippen LogP contribution in [-0.4, -0.2) is 57.1 Å². The zero-order chi connectivity index (χ0) is 20.8. The Hall–Kier alpha value is -0.740. The molecule has 0 spiro atoms. The van der Waals surface area contributed by atoms with Gasteiger partial charge in [0.05, 0.1) is 27.8 Å². The number of para-hydroxylation sites is 1. The summed E-state index contributed by atoms with van der Waals surface area (Å²) in [6.45, 7) is 9.94. The van der Waals surface area contributed by atoms with Crippen molar-refractivity contribution in [2.75, 3.05) is 36.8 Å². The van der Waals surface area contributed by atoms with Crippen molar-refractivity contribution in [2.45, 2.75) is 51.3 Å². The van der Waals surface area contributed by atoms with Crippen LogP contribution in [0.4, 0.5) is 5.69 Å². The Kier molecular flexibility index (Phi) is 10.5. The summed E-state index contributed by atoms with van der Waals surface area (Å²) in [7, 11) is -3.18. The number of aliphatic imine (C=N–C) groups is 1. The third kappa shape index (κ3) is 7.79. The zero-order valence-corrected chi connectivity index (χ0v) is 21.6. The first-order valence-corrected chi connectivity index (χ1v) is 11.9. The summed E-state index contributed by atoms with van der Waals surface area (Å²) < 4.78 is 23.8. The molecular weight excluding hydrogens is 523 g/mol. The molecule has 1 fully saturated rings. The molecule has 0 aromatic heterocycles. The second kappa shape index (κ2) is 11.6. The zero-order valence-electron chi connectivity index (χ0n) is 17.7. The van der Waals surface area contributed by atoms with Gasteiger partial charge in [0.15, 0.2) is 15.8 Å². The van der Waals surface area contributed by atoms with Crippen molar-refractivity contribution >= 4 is 57.1 Å². The number of halogens is 2. The van der Waals surface area contributed by atoms with E-state index in [2.05, 4.69) is 20.5 Å². The van der Waals surface area contributed by atoms with Gasteiger partial charge in [-0.15, -0.1) is 24.0 Å². The number of anilines is 1. The van der Waals surface area contributed by atoms with Crippen LogP contribution in [0.25, 0.3) is 0 Å². The van der Waals surface area contributed by atoms with Crippen molar-refractivity contribution < 1.29 is 8.42 Å². The summed E-state index contributed by atoms with van der Waals surface area (Å²) in [5.74, 6) is 0.710. The minimum atomic E-state index is -3.18. The average Bonchev–Trinajstić information content (AvgIpc) is 2.61. The third-order valence-corrected chi connectivity index (χ3v) is 7.77. The number of rotatable bonds is 6. The first-order valence-electron chi connectivity index (χ1n) is 9.90. The molecule has 166 valence electrons. The highest BCUT2D eigenvalue weighted by atomic mass is 127. The van der Waals surface area contributed by atoms with Crippen LogP contribution in [0.3, 0.4) is 0 Å². The number of sulfone groups is 1. The summed E-state index contributed by atoms with van der Waals surface area (Å²) >= 11 is 6.35. The SMILES string of the molecule is CCNC(=NCCS(=O)(=O)C(C)(C)C)NC1CCCN(c2ccccc2Cl)C1.I. The molecule has 1 aromatic rings. The van der Waals surface area contributed by atoms with Crippen molar-refractivity contribution in [3.63, 3.8) is 0 Å². The highest BCUT2D eigenvalue weighted by Gasteiger charge is 2.28. The molecule has 1 saturated heterocycles. The molecule has 29 heavy (non-hydrogen) atoms. The van der Waals surface area contributed by atoms with E-state index in [4.69, 9.17) is 11.6 Å². The molecule has 2 rings (SSSR count). The number of guanidine groups is 1. The fourth-order valence-corrected chi connectivity index (χ4v) is 4.32. The Balaban J connectivity index is 0.00000420. The summed E-state index contributed by atoms with van der Waals surface area (Å²) in [5.41, 5.74) is 1.05. The molecule has 0 aliphatic carbocycles. The molecule has 1 atom stereocenters. The largest absolute Gasteiger partial charge is 0.368 e. The smallest absolute Gasteiger partial charge is 0.191 e. The fraction of sp³-hybridized carbons (Fsp3) is 0.650. The lowest BCUT2D eigenvalue weighted by Gasteiger charge is -2.35. The number of nitrogens with one attached hydrogen (secondary N) is 2. The summed E-state index contributed by atoms with van der Waals surface area (Å²) in [5, 5.41) is 7.44. The van der Waals surface area contributed by atoms with Crippen LogP contribution in [0.15, 0.2) is 29.3 Å². The van der Waals surface area contributed by atoms with Crippen LogP contribution in [0, 0.1) is 0 Å². The van der Waals surface area contributed by atoms with E-state index in [1.165, 1.54) is 0 Å². The van der Waals surface area contributed by atoms with Crippen LogP contribution in [0.1, 0.15) is 40.5 Å². The van der Waals surface area contributed by atoms with Crippen LogP contribution in [-0.2, 0) is 9.84 Å². The number of benzene rings is 1. The molecule has 1 aliphatic rings. The first-order chi connectivity index (χ1) is 13.1. The highest BCUT2D eigenvalue weighted by molar-refractivity contribution is 14.0. The number of nitrogens with zero attached hydrogens (tertiary/aromatic N) is 2. The summed E-state index contributed by atoms with van der Waals surface area (Å²) in [6, 6.07) is 8.12. The molecule has 1 aliphatic heterocycles. The second-order valence-electron chi connectivity index (χ2n) is 8.07. The lowest BCUT2D eigenvalue weighted by atomic mass is 10.0. The second-order valence-corrected chi connectivity index (χ2v) is 11.3. The van der Waals surface area contributed by atoms with Crippen LogP contribution in [0.5, 0.6) is 0 Å². The van der Waals surface area contributed by atoms with Crippen molar-refractivity contribution in [3.05, 3.63) is 29.3 Å². The molecule has 6 nitrogen and oxygen atoms in total. The molecule has 0 saturated carbocycles. The van der Waals surface area contributed by atoms with Gasteiger partial charge in [-0.05, 0) is 52.7 Å². The van der Waals surface area contributed by atoms with Crippen molar-refractivity contribution in [1.29, 1.82) is 0 Å². The molecule has 9 heteroatoms. The Bertz CT molecular complexity index is 781. The van der Waals surface area contributed by atoms with E-state index in [1.807, 2.05) is 31.2 Å². The Morgan fingerprint density at radius 3 is 2.62 bits per heavy atom. The Morgan fingerprint density at radius 1 is 1.31 bits per heavy atom. The Labute approximate surface area is 197 Å². The van der Waals surface area contributed by atoms with Gasteiger partial charge in [0.2, 0.25) is 0 Å². The number of piperidine rings is 1. The lowest BCUT2D eigenvalue weighted by Crippen LogP contribution is -2.51. The maximum atomic E-state index is 12.3. The van der Waals surface area contributed by atoms with Gasteiger partial charge in [-0.25, -0.2) is 8.42 Å². The minimum absolute atomic E-state index is 0. The molecule has 0 radical (unpaired) electrons. The van der Waals surface area contributed by atoms with E-state index in [1.54, 1.807) is 20.8 Å². The predicted molar refractivity (Wildman–Crippen MR) is 135 cm³/mol. The van der Waals surface area contributed by atoms with Gasteiger partial charge in [0, 0.05) is 25.7 Å². The normalized spacial score (nSPS) is 18.2. The molecular formula is C20H34ClIN4O2S. The minimum Gasteiger partial charge on any atom is -0.368 e. The van der Waals surface area contributed by atoms with Crippen LogP contribution < -0.4 is 15.5 Å². The summed E-state index contributed by atoms with van der Waals surface area (Å²) in [4.78, 5) is 6.78. The van der Waals surface area contributed by atoms with Crippen molar-refractivity contribution in [1.82, 2.24) is 10.6 Å². The molecule has 0 bridgehead atoms. The average molecular weight is 557 g/mol. The van der Waals surface area contributed by atoms with Gasteiger partial charge in [0.1, 0.15) is 0 Å². The van der Waals surface area contributed by atoms with E-state index in [0.29, 0.717) is 5.96 Å². The van der Waals surface area contributed by atoms with Gasteiger partial charge < -0.3 is 15.5 Å². The molecule has 1 heterocycles. The molecule has 0 amide bonds. The third-order valence-electron chi connectivity index (χ3n) is 4.86. The predicted octanol–water partition coefficient (Wildman–Crippen LogP) is 3.70. The maximum Gasteiger partial charge on any atom is 0.191 e. The van der Waals surface area contributed by atoms with Crippen LogP contribution >= 0.6 is 35.6 Å².